The zero-order valence-electron chi connectivity index (χ0n) is 16.1. The number of aromatic nitrogens is 1. The van der Waals surface area contributed by atoms with Gasteiger partial charge in [-0.3, -0.25) is 14.2 Å². The molecule has 3 rings (SSSR count). The molecule has 0 aliphatic heterocycles. The van der Waals surface area contributed by atoms with E-state index in [0.29, 0.717) is 9.20 Å². The van der Waals surface area contributed by atoms with Crippen molar-refractivity contribution in [1.82, 2.24) is 9.88 Å². The molecule has 0 bridgehead atoms. The van der Waals surface area contributed by atoms with E-state index in [1.54, 1.807) is 25.1 Å². The van der Waals surface area contributed by atoms with E-state index >= 15 is 0 Å². The Bertz CT molecular complexity index is 1200. The van der Waals surface area contributed by atoms with Crippen molar-refractivity contribution in [3.05, 3.63) is 77.6 Å². The van der Waals surface area contributed by atoms with E-state index in [0.717, 1.165) is 22.5 Å². The summed E-state index contributed by atoms with van der Waals surface area (Å²) >= 11 is 2.62. The Kier molecular flexibility index (Phi) is 7.31. The van der Waals surface area contributed by atoms with Crippen molar-refractivity contribution in [2.75, 3.05) is 6.61 Å². The van der Waals surface area contributed by atoms with Gasteiger partial charge in [0.15, 0.2) is 0 Å². The number of thiazole rings is 1. The average molecular weight is 447 g/mol. The van der Waals surface area contributed by atoms with Crippen molar-refractivity contribution in [2.24, 2.45) is 0 Å². The fourth-order valence-electron chi connectivity index (χ4n) is 2.59. The summed E-state index contributed by atoms with van der Waals surface area (Å²) in [6, 6.07) is 7.63. The third-order valence-electron chi connectivity index (χ3n) is 4.01. The second-order valence-electron chi connectivity index (χ2n) is 6.20. The Morgan fingerprint density at radius 2 is 2.00 bits per heavy atom. The number of rotatable bonds is 7. The van der Waals surface area contributed by atoms with Gasteiger partial charge < -0.3 is 10.1 Å². The minimum Gasteiger partial charge on any atom is -0.463 e. The lowest BCUT2D eigenvalue weighted by molar-refractivity contribution is -0.135. The number of carbonyl (C=O) groups is 2. The number of hydrogen-bond donors (Lipinski definition) is 1. The minimum absolute atomic E-state index is 0.197. The second-order valence-corrected chi connectivity index (χ2v) is 8.04. The Hall–Kier alpha value is -3.04. The molecule has 156 valence electrons. The van der Waals surface area contributed by atoms with Crippen LogP contribution in [-0.2, 0) is 27.4 Å². The molecule has 9 heteroatoms. The van der Waals surface area contributed by atoms with Crippen LogP contribution < -0.4 is 20.1 Å². The van der Waals surface area contributed by atoms with Gasteiger partial charge in [0.2, 0.25) is 5.91 Å². The number of hydrogen-bond acceptors (Lipinski definition) is 6. The maximum atomic E-state index is 13.0. The highest BCUT2D eigenvalue weighted by atomic mass is 32.1. The van der Waals surface area contributed by atoms with Crippen LogP contribution in [0.4, 0.5) is 4.39 Å². The maximum absolute atomic E-state index is 13.0. The predicted molar refractivity (Wildman–Crippen MR) is 115 cm³/mol. The fourth-order valence-corrected chi connectivity index (χ4v) is 4.24. The van der Waals surface area contributed by atoms with Crippen LogP contribution in [-0.4, -0.2) is 23.1 Å². The average Bonchev–Trinajstić information content (AvgIpc) is 3.32. The number of carbonyl (C=O) groups excluding carboxylic acids is 2. The molecule has 1 N–H and O–H groups in total. The first-order valence-corrected chi connectivity index (χ1v) is 10.9. The number of thiophene rings is 1. The number of amides is 1. The van der Waals surface area contributed by atoms with E-state index in [-0.39, 0.29) is 31.1 Å². The Balaban J connectivity index is 1.86. The molecular weight excluding hydrogens is 427 g/mol. The molecule has 3 aromatic rings. The van der Waals surface area contributed by atoms with Crippen molar-refractivity contribution < 1.29 is 18.7 Å². The molecule has 0 saturated heterocycles. The van der Waals surface area contributed by atoms with Gasteiger partial charge in [-0.05, 0) is 53.1 Å². The molecule has 2 heterocycles. The van der Waals surface area contributed by atoms with Crippen LogP contribution in [0.15, 0.2) is 45.9 Å². The summed E-state index contributed by atoms with van der Waals surface area (Å²) in [6.07, 6.45) is 2.94. The number of nitrogens with one attached hydrogen (secondary N) is 1. The smallest absolute Gasteiger partial charge is 0.333 e. The summed E-state index contributed by atoms with van der Waals surface area (Å²) in [5.74, 6) is -1.34. The number of halogens is 1. The molecule has 0 radical (unpaired) electrons. The monoisotopic (exact) mass is 446 g/mol. The fraction of sp³-hybridized carbons (Fsp3) is 0.190. The highest BCUT2D eigenvalue weighted by Gasteiger charge is 2.11. The summed E-state index contributed by atoms with van der Waals surface area (Å²) in [5, 5.41) is 6.49. The van der Waals surface area contributed by atoms with Gasteiger partial charge in [0, 0.05) is 6.54 Å². The van der Waals surface area contributed by atoms with Gasteiger partial charge in [-0.15, -0.1) is 11.3 Å². The van der Waals surface area contributed by atoms with Crippen LogP contribution in [0.5, 0.6) is 0 Å². The molecule has 0 saturated carbocycles. The van der Waals surface area contributed by atoms with Gasteiger partial charge in [0.25, 0.3) is 5.56 Å². The molecule has 6 nitrogen and oxygen atoms in total. The van der Waals surface area contributed by atoms with Crippen LogP contribution in [0.3, 0.4) is 0 Å². The lowest BCUT2D eigenvalue weighted by Gasteiger charge is -2.06. The number of esters is 1. The zero-order valence-corrected chi connectivity index (χ0v) is 17.7. The van der Waals surface area contributed by atoms with Crippen molar-refractivity contribution in [3.8, 4) is 0 Å². The summed E-state index contributed by atoms with van der Waals surface area (Å²) in [7, 11) is 0. The summed E-state index contributed by atoms with van der Waals surface area (Å²) in [5.41, 5.74) is 1.24. The quantitative estimate of drug-likeness (QED) is 0.560. The van der Waals surface area contributed by atoms with Crippen LogP contribution in [0, 0.1) is 5.82 Å². The number of ether oxygens (including phenoxy) is 1. The van der Waals surface area contributed by atoms with Crippen molar-refractivity contribution in [2.45, 2.75) is 20.0 Å². The van der Waals surface area contributed by atoms with Crippen LogP contribution in [0.25, 0.3) is 12.2 Å². The Morgan fingerprint density at radius 3 is 2.67 bits per heavy atom. The van der Waals surface area contributed by atoms with Crippen molar-refractivity contribution in [1.29, 1.82) is 0 Å². The largest absolute Gasteiger partial charge is 0.463 e. The maximum Gasteiger partial charge on any atom is 0.333 e. The Morgan fingerprint density at radius 1 is 1.23 bits per heavy atom. The first-order valence-electron chi connectivity index (χ1n) is 9.09. The predicted octanol–water partition coefficient (Wildman–Crippen LogP) is 1.60. The highest BCUT2D eigenvalue weighted by molar-refractivity contribution is 7.08. The molecule has 0 spiro atoms. The minimum atomic E-state index is -0.582. The topological polar surface area (TPSA) is 77.4 Å². The first-order chi connectivity index (χ1) is 14.5. The molecule has 2 aromatic heterocycles. The highest BCUT2D eigenvalue weighted by Crippen LogP contribution is 2.06. The third kappa shape index (κ3) is 5.74. The number of benzene rings is 1. The van der Waals surface area contributed by atoms with Gasteiger partial charge in [-0.2, -0.15) is 11.3 Å². The SMILES string of the molecule is CCOC(=O)C=c1sc(=Cc2ccsc2)c(=O)n1CC(=O)NCc1ccc(F)cc1. The lowest BCUT2D eigenvalue weighted by atomic mass is 10.2. The van der Waals surface area contributed by atoms with Crippen molar-refractivity contribution in [3.63, 3.8) is 0 Å². The molecule has 0 unspecified atom stereocenters. The summed E-state index contributed by atoms with van der Waals surface area (Å²) < 4.78 is 19.9. The zero-order chi connectivity index (χ0) is 21.5. The molecule has 0 aliphatic carbocycles. The van der Waals surface area contributed by atoms with E-state index in [1.165, 1.54) is 34.1 Å². The molecule has 0 atom stereocenters. The van der Waals surface area contributed by atoms with Crippen LogP contribution >= 0.6 is 22.7 Å². The standard InChI is InChI=1S/C21H19FN2O4S2/c1-2-28-20(26)10-19-24(21(27)17(30-19)9-15-7-8-29-13-15)12-18(25)23-11-14-3-5-16(22)6-4-14/h3-10,13H,2,11-12H2,1H3,(H,23,25). The summed E-state index contributed by atoms with van der Waals surface area (Å²) in [6.45, 7) is 1.84. The van der Waals surface area contributed by atoms with Gasteiger partial charge in [0.1, 0.15) is 17.0 Å². The molecule has 0 aliphatic rings. The molecule has 0 fully saturated rings. The van der Waals surface area contributed by atoms with E-state index in [9.17, 15) is 18.8 Å². The summed E-state index contributed by atoms with van der Waals surface area (Å²) in [4.78, 5) is 37.2. The molecule has 1 amide bonds. The van der Waals surface area contributed by atoms with Gasteiger partial charge in [-0.25, -0.2) is 9.18 Å². The van der Waals surface area contributed by atoms with Gasteiger partial charge in [-0.1, -0.05) is 12.1 Å². The van der Waals surface area contributed by atoms with E-state index in [2.05, 4.69) is 5.32 Å². The van der Waals surface area contributed by atoms with Crippen LogP contribution in [0.1, 0.15) is 18.1 Å². The van der Waals surface area contributed by atoms with Gasteiger partial charge in [0.05, 0.1) is 17.2 Å². The number of nitrogens with zero attached hydrogens (tertiary/aromatic N) is 1. The van der Waals surface area contributed by atoms with E-state index in [4.69, 9.17) is 4.74 Å². The third-order valence-corrected chi connectivity index (χ3v) is 5.77. The molecular formula is C21H19FN2O4S2. The first kappa shape index (κ1) is 21.7. The normalized spacial score (nSPS) is 12.2. The van der Waals surface area contributed by atoms with E-state index in [1.807, 2.05) is 16.8 Å². The lowest BCUT2D eigenvalue weighted by Crippen LogP contribution is -2.38. The van der Waals surface area contributed by atoms with Crippen LogP contribution in [0.2, 0.25) is 0 Å². The Labute approximate surface area is 179 Å². The molecule has 1 aromatic carbocycles. The van der Waals surface area contributed by atoms with Crippen molar-refractivity contribution >= 4 is 46.7 Å². The van der Waals surface area contributed by atoms with Gasteiger partial charge >= 0.3 is 5.97 Å². The van der Waals surface area contributed by atoms with E-state index < -0.39 is 11.9 Å². The second kappa shape index (κ2) is 10.1. The molecule has 30 heavy (non-hydrogen) atoms.